The molecule has 0 saturated heterocycles. The molecular weight excluding hydrogens is 143 g/mol. The molecular formula is C3H11N3Zn. The van der Waals surface area contributed by atoms with Gasteiger partial charge in [-0.05, 0) is 6.54 Å². The quantitative estimate of drug-likeness (QED) is 0.436. The normalized spacial score (nSPS) is 6.00. The molecule has 0 aliphatic rings. The second-order valence-electron chi connectivity index (χ2n) is 0.789. The average Bonchev–Trinajstić information content (AvgIpc) is 1.41. The molecule has 40 valence electrons. The fourth-order valence-electron chi connectivity index (χ4n) is 0.102. The molecule has 0 aromatic heterocycles. The third-order valence-electron chi connectivity index (χ3n) is 0.321. The van der Waals surface area contributed by atoms with E-state index >= 15 is 0 Å². The van der Waals surface area contributed by atoms with Crippen LogP contribution in [0.25, 0.3) is 6.15 Å². The minimum atomic E-state index is 0. The molecule has 0 unspecified atom stereocenters. The van der Waals surface area contributed by atoms with Gasteiger partial charge in [0.15, 0.2) is 0 Å². The Morgan fingerprint density at radius 1 is 1.57 bits per heavy atom. The number of nitrogens with two attached hydrogens (primary N) is 2. The smallest absolute Gasteiger partial charge is 0.693 e. The van der Waals surface area contributed by atoms with Crippen molar-refractivity contribution in [2.45, 2.75) is 0 Å². The maximum absolute atomic E-state index is 5.04. The van der Waals surface area contributed by atoms with E-state index in [0.717, 1.165) is 6.54 Å². The van der Waals surface area contributed by atoms with Gasteiger partial charge in [0.1, 0.15) is 0 Å². The molecule has 4 heteroatoms. The van der Waals surface area contributed by atoms with Crippen LogP contribution in [0, 0.1) is 7.05 Å². The van der Waals surface area contributed by atoms with Gasteiger partial charge < -0.3 is 17.2 Å². The van der Waals surface area contributed by atoms with Crippen LogP contribution in [0.3, 0.4) is 0 Å². The van der Waals surface area contributed by atoms with Crippen LogP contribution < -0.4 is 11.1 Å². The average molecular weight is 155 g/mol. The van der Waals surface area contributed by atoms with E-state index in [1.807, 2.05) is 0 Å². The molecule has 3 nitrogen and oxygen atoms in total. The first-order chi connectivity index (χ1) is 2.41. The Kier molecular flexibility index (Phi) is 35.9. The second-order valence-corrected chi connectivity index (χ2v) is 0.789. The van der Waals surface area contributed by atoms with Crippen LogP contribution in [0.4, 0.5) is 0 Å². The predicted molar refractivity (Wildman–Crippen MR) is 27.7 cm³/mol. The van der Waals surface area contributed by atoms with Crippen molar-refractivity contribution in [1.29, 1.82) is 0 Å². The summed E-state index contributed by atoms with van der Waals surface area (Å²) in [6.45, 7) is 1.48. The number of hydrogen-bond acceptors (Lipinski definition) is 2. The Bertz CT molecular complexity index is 17.7. The minimum Gasteiger partial charge on any atom is -0.693 e. The largest absolute Gasteiger partial charge is 2.00 e. The fraction of sp³-hybridized carbons (Fsp3) is 0.667. The van der Waals surface area contributed by atoms with Crippen LogP contribution in [0.15, 0.2) is 0 Å². The number of nitrogens with one attached hydrogen (secondary N) is 1. The Labute approximate surface area is 57.4 Å². The Morgan fingerprint density at radius 3 is 2.00 bits per heavy atom. The van der Waals surface area contributed by atoms with Gasteiger partial charge in [-0.1, -0.05) is 0 Å². The van der Waals surface area contributed by atoms with E-state index in [1.54, 1.807) is 0 Å². The zero-order valence-corrected chi connectivity index (χ0v) is 7.45. The standard InChI is InChI=1S/C3H9N2.H2N.Zn/c1-5-3-2-4;;/h5H,1-4H2;1H2;/q2*-1;+2. The van der Waals surface area contributed by atoms with Crippen molar-refractivity contribution in [2.24, 2.45) is 5.73 Å². The first-order valence-corrected chi connectivity index (χ1v) is 1.62. The molecule has 0 spiro atoms. The summed E-state index contributed by atoms with van der Waals surface area (Å²) in [6.07, 6.45) is 0. The van der Waals surface area contributed by atoms with Gasteiger partial charge in [0.05, 0.1) is 0 Å². The summed E-state index contributed by atoms with van der Waals surface area (Å²) in [6, 6.07) is 0. The molecule has 0 bridgehead atoms. The van der Waals surface area contributed by atoms with E-state index in [4.69, 9.17) is 5.73 Å². The van der Waals surface area contributed by atoms with Crippen LogP contribution in [-0.2, 0) is 19.5 Å². The summed E-state index contributed by atoms with van der Waals surface area (Å²) in [7, 11) is 3.35. The Morgan fingerprint density at radius 2 is 2.00 bits per heavy atom. The summed E-state index contributed by atoms with van der Waals surface area (Å²) < 4.78 is 0. The summed E-state index contributed by atoms with van der Waals surface area (Å²) in [5.74, 6) is 0. The predicted octanol–water partition coefficient (Wildman–Crippen LogP) is 0.0409. The van der Waals surface area contributed by atoms with Crippen molar-refractivity contribution in [3.63, 3.8) is 0 Å². The van der Waals surface area contributed by atoms with Gasteiger partial charge in [-0.2, -0.15) is 0 Å². The SMILES string of the molecule is [CH2-]NCCN.[NH2-].[Zn+2]. The zero-order valence-electron chi connectivity index (χ0n) is 4.48. The van der Waals surface area contributed by atoms with E-state index in [9.17, 15) is 0 Å². The first kappa shape index (κ1) is 15.6. The molecule has 7 heavy (non-hydrogen) atoms. The van der Waals surface area contributed by atoms with Crippen molar-refractivity contribution >= 4 is 0 Å². The molecule has 0 amide bonds. The van der Waals surface area contributed by atoms with Gasteiger partial charge in [0, 0.05) is 6.54 Å². The topological polar surface area (TPSA) is 71.5 Å². The molecule has 5 N–H and O–H groups in total. The van der Waals surface area contributed by atoms with E-state index in [-0.39, 0.29) is 25.6 Å². The Hall–Kier alpha value is 0.503. The zero-order chi connectivity index (χ0) is 4.12. The maximum atomic E-state index is 5.04. The van der Waals surface area contributed by atoms with Crippen molar-refractivity contribution in [2.75, 3.05) is 13.1 Å². The molecule has 0 saturated carbocycles. The summed E-state index contributed by atoms with van der Waals surface area (Å²) in [5, 5.41) is 2.64. The van der Waals surface area contributed by atoms with Crippen molar-refractivity contribution < 1.29 is 19.5 Å². The van der Waals surface area contributed by atoms with E-state index in [1.165, 1.54) is 0 Å². The summed E-state index contributed by atoms with van der Waals surface area (Å²) in [5.41, 5.74) is 5.04. The van der Waals surface area contributed by atoms with Gasteiger partial charge >= 0.3 is 19.5 Å². The van der Waals surface area contributed by atoms with Gasteiger partial charge in [-0.3, -0.25) is 7.05 Å². The monoisotopic (exact) mass is 153 g/mol. The molecule has 0 aromatic carbocycles. The summed E-state index contributed by atoms with van der Waals surface area (Å²) in [4.78, 5) is 0. The molecule has 0 fully saturated rings. The van der Waals surface area contributed by atoms with Crippen LogP contribution in [-0.4, -0.2) is 13.1 Å². The first-order valence-electron chi connectivity index (χ1n) is 1.62. The van der Waals surface area contributed by atoms with Crippen LogP contribution in [0.1, 0.15) is 0 Å². The Balaban J connectivity index is -0.0000000800. The van der Waals surface area contributed by atoms with Crippen molar-refractivity contribution in [3.8, 4) is 0 Å². The van der Waals surface area contributed by atoms with Gasteiger partial charge in [-0.15, -0.1) is 0 Å². The van der Waals surface area contributed by atoms with Crippen molar-refractivity contribution in [3.05, 3.63) is 13.2 Å². The molecule has 0 atom stereocenters. The molecule has 0 aliphatic heterocycles. The van der Waals surface area contributed by atoms with E-state index in [2.05, 4.69) is 12.4 Å². The molecule has 0 radical (unpaired) electrons. The number of hydrogen-bond donors (Lipinski definition) is 2. The van der Waals surface area contributed by atoms with Crippen molar-refractivity contribution in [1.82, 2.24) is 5.32 Å². The molecule has 0 rings (SSSR count). The molecule has 0 heterocycles. The fourth-order valence-corrected chi connectivity index (χ4v) is 0.102. The van der Waals surface area contributed by atoms with E-state index in [0.29, 0.717) is 6.54 Å². The second kappa shape index (κ2) is 16.0. The third-order valence-corrected chi connectivity index (χ3v) is 0.321. The van der Waals surface area contributed by atoms with Gasteiger partial charge in [0.2, 0.25) is 0 Å². The third kappa shape index (κ3) is 21.0. The van der Waals surface area contributed by atoms with Crippen LogP contribution in [0.2, 0.25) is 0 Å². The van der Waals surface area contributed by atoms with Gasteiger partial charge in [-0.25, -0.2) is 0 Å². The molecule has 0 aliphatic carbocycles. The van der Waals surface area contributed by atoms with Crippen LogP contribution in [0.5, 0.6) is 0 Å². The minimum absolute atomic E-state index is 0. The number of rotatable bonds is 2. The summed E-state index contributed by atoms with van der Waals surface area (Å²) >= 11 is 0. The molecule has 0 aromatic rings. The van der Waals surface area contributed by atoms with Gasteiger partial charge in [0.25, 0.3) is 0 Å². The van der Waals surface area contributed by atoms with E-state index < -0.39 is 0 Å². The van der Waals surface area contributed by atoms with Crippen LogP contribution >= 0.6 is 0 Å². The maximum Gasteiger partial charge on any atom is 2.00 e.